The number of phenols is 1. The lowest BCUT2D eigenvalue weighted by molar-refractivity contribution is -0.126. The number of carbonyl (C=O) groups is 2. The van der Waals surface area contributed by atoms with Gasteiger partial charge in [-0.2, -0.15) is 0 Å². The Kier molecular flexibility index (Phi) is 3.88. The third-order valence-corrected chi connectivity index (χ3v) is 2.11. The van der Waals surface area contributed by atoms with Crippen LogP contribution in [0.3, 0.4) is 0 Å². The van der Waals surface area contributed by atoms with E-state index in [4.69, 9.17) is 10.8 Å². The minimum atomic E-state index is -0.676. The Labute approximate surface area is 93.3 Å². The second kappa shape index (κ2) is 5.16. The lowest BCUT2D eigenvalue weighted by Crippen LogP contribution is -2.42. The van der Waals surface area contributed by atoms with Crippen LogP contribution in [0.4, 0.5) is 0 Å². The predicted molar refractivity (Wildman–Crippen MR) is 58.6 cm³/mol. The van der Waals surface area contributed by atoms with Crippen LogP contribution in [-0.4, -0.2) is 23.0 Å². The van der Waals surface area contributed by atoms with Crippen LogP contribution < -0.4 is 11.1 Å². The second-order valence-electron chi connectivity index (χ2n) is 3.53. The Hall–Kier alpha value is -2.04. The molecular formula is C11H14N2O3. The molecule has 0 heterocycles. The number of primary amides is 1. The van der Waals surface area contributed by atoms with Gasteiger partial charge in [-0.15, -0.1) is 0 Å². The number of phenolic OH excluding ortho intramolecular Hbond substituents is 1. The van der Waals surface area contributed by atoms with Crippen LogP contribution in [0.2, 0.25) is 0 Å². The van der Waals surface area contributed by atoms with E-state index in [9.17, 15) is 9.59 Å². The van der Waals surface area contributed by atoms with E-state index >= 15 is 0 Å². The molecule has 0 aliphatic heterocycles. The molecule has 5 nitrogen and oxygen atoms in total. The van der Waals surface area contributed by atoms with Crippen molar-refractivity contribution in [2.45, 2.75) is 19.4 Å². The van der Waals surface area contributed by atoms with E-state index in [1.165, 1.54) is 19.1 Å². The number of rotatable bonds is 4. The number of nitrogens with one attached hydrogen (secondary N) is 1. The zero-order valence-electron chi connectivity index (χ0n) is 8.93. The van der Waals surface area contributed by atoms with Crippen LogP contribution in [0.5, 0.6) is 5.75 Å². The first-order chi connectivity index (χ1) is 7.49. The molecule has 0 aliphatic rings. The van der Waals surface area contributed by atoms with Gasteiger partial charge in [-0.05, 0) is 24.6 Å². The molecule has 1 aromatic rings. The summed E-state index contributed by atoms with van der Waals surface area (Å²) in [5, 5.41) is 11.5. The summed E-state index contributed by atoms with van der Waals surface area (Å²) in [7, 11) is 0. The lowest BCUT2D eigenvalue weighted by Gasteiger charge is -2.09. The molecule has 0 spiro atoms. The summed E-state index contributed by atoms with van der Waals surface area (Å²) in [6, 6.07) is 5.61. The molecule has 0 saturated heterocycles. The van der Waals surface area contributed by atoms with E-state index in [2.05, 4.69) is 5.32 Å². The maximum atomic E-state index is 11.4. The maximum absolute atomic E-state index is 11.4. The van der Waals surface area contributed by atoms with Crippen molar-refractivity contribution in [2.75, 3.05) is 0 Å². The molecule has 1 aromatic carbocycles. The van der Waals surface area contributed by atoms with Gasteiger partial charge in [-0.3, -0.25) is 9.59 Å². The normalized spacial score (nSPS) is 11.8. The Morgan fingerprint density at radius 1 is 1.38 bits per heavy atom. The fourth-order valence-corrected chi connectivity index (χ4v) is 1.16. The summed E-state index contributed by atoms with van der Waals surface area (Å²) in [5.41, 5.74) is 5.77. The molecular weight excluding hydrogens is 208 g/mol. The van der Waals surface area contributed by atoms with Crippen LogP contribution in [0.15, 0.2) is 24.3 Å². The van der Waals surface area contributed by atoms with Crippen LogP contribution in [0.25, 0.3) is 0 Å². The first-order valence-corrected chi connectivity index (χ1v) is 4.85. The standard InChI is InChI=1S/C11H14N2O3/c1-7(11(12)16)13-10(15)6-8-2-4-9(14)5-3-8/h2-5,7,14H,6H2,1H3,(H2,12,16)(H,13,15). The van der Waals surface area contributed by atoms with Crippen LogP contribution in [0, 0.1) is 0 Å². The average Bonchev–Trinajstić information content (AvgIpc) is 2.21. The van der Waals surface area contributed by atoms with Gasteiger partial charge in [0.05, 0.1) is 6.42 Å². The second-order valence-corrected chi connectivity index (χ2v) is 3.53. The van der Waals surface area contributed by atoms with Crippen molar-refractivity contribution in [3.63, 3.8) is 0 Å². The highest BCUT2D eigenvalue weighted by molar-refractivity contribution is 5.87. The number of aromatic hydroxyl groups is 1. The smallest absolute Gasteiger partial charge is 0.239 e. The third-order valence-electron chi connectivity index (χ3n) is 2.11. The van der Waals surface area contributed by atoms with Gasteiger partial charge in [0.1, 0.15) is 11.8 Å². The Morgan fingerprint density at radius 2 is 1.94 bits per heavy atom. The molecule has 0 aliphatic carbocycles. The van der Waals surface area contributed by atoms with E-state index in [1.807, 2.05) is 0 Å². The molecule has 2 amide bonds. The van der Waals surface area contributed by atoms with Crippen LogP contribution >= 0.6 is 0 Å². The quantitative estimate of drug-likeness (QED) is 0.665. The predicted octanol–water partition coefficient (Wildman–Crippen LogP) is -0.0753. The summed E-state index contributed by atoms with van der Waals surface area (Å²) < 4.78 is 0. The number of amides is 2. The molecule has 16 heavy (non-hydrogen) atoms. The van der Waals surface area contributed by atoms with Crippen molar-refractivity contribution >= 4 is 11.8 Å². The van der Waals surface area contributed by atoms with Gasteiger partial charge in [-0.1, -0.05) is 12.1 Å². The summed E-state index contributed by atoms with van der Waals surface area (Å²) >= 11 is 0. The van der Waals surface area contributed by atoms with E-state index < -0.39 is 11.9 Å². The number of hydrogen-bond acceptors (Lipinski definition) is 3. The van der Waals surface area contributed by atoms with Gasteiger partial charge >= 0.3 is 0 Å². The van der Waals surface area contributed by atoms with Gasteiger partial charge in [0.15, 0.2) is 0 Å². The molecule has 1 atom stereocenters. The van der Waals surface area contributed by atoms with Gasteiger partial charge in [-0.25, -0.2) is 0 Å². The molecule has 4 N–H and O–H groups in total. The van der Waals surface area contributed by atoms with E-state index in [-0.39, 0.29) is 18.1 Å². The maximum Gasteiger partial charge on any atom is 0.239 e. The monoisotopic (exact) mass is 222 g/mol. The molecule has 0 aromatic heterocycles. The molecule has 5 heteroatoms. The van der Waals surface area contributed by atoms with Gasteiger partial charge in [0, 0.05) is 0 Å². The Balaban J connectivity index is 2.52. The molecule has 0 radical (unpaired) electrons. The minimum absolute atomic E-state index is 0.148. The van der Waals surface area contributed by atoms with Crippen molar-refractivity contribution in [3.05, 3.63) is 29.8 Å². The first-order valence-electron chi connectivity index (χ1n) is 4.85. The number of benzene rings is 1. The molecule has 0 saturated carbocycles. The lowest BCUT2D eigenvalue weighted by atomic mass is 10.1. The molecule has 0 bridgehead atoms. The van der Waals surface area contributed by atoms with Gasteiger partial charge in [0.25, 0.3) is 0 Å². The van der Waals surface area contributed by atoms with Crippen molar-refractivity contribution in [3.8, 4) is 5.75 Å². The highest BCUT2D eigenvalue weighted by Crippen LogP contribution is 2.09. The summed E-state index contributed by atoms with van der Waals surface area (Å²) in [6.07, 6.45) is 0.151. The van der Waals surface area contributed by atoms with Gasteiger partial charge in [0.2, 0.25) is 11.8 Å². The zero-order valence-corrected chi connectivity index (χ0v) is 8.93. The minimum Gasteiger partial charge on any atom is -0.508 e. The third kappa shape index (κ3) is 3.61. The highest BCUT2D eigenvalue weighted by atomic mass is 16.3. The topological polar surface area (TPSA) is 92.4 Å². The Morgan fingerprint density at radius 3 is 2.44 bits per heavy atom. The van der Waals surface area contributed by atoms with Gasteiger partial charge < -0.3 is 16.2 Å². The van der Waals surface area contributed by atoms with Crippen molar-refractivity contribution in [2.24, 2.45) is 5.73 Å². The largest absolute Gasteiger partial charge is 0.508 e. The summed E-state index contributed by atoms with van der Waals surface area (Å²) in [6.45, 7) is 1.52. The van der Waals surface area contributed by atoms with Crippen molar-refractivity contribution < 1.29 is 14.7 Å². The number of carbonyl (C=O) groups excluding carboxylic acids is 2. The number of hydrogen-bond donors (Lipinski definition) is 3. The van der Waals surface area contributed by atoms with E-state index in [0.717, 1.165) is 5.56 Å². The summed E-state index contributed by atoms with van der Waals surface area (Å²) in [4.78, 5) is 22.1. The molecule has 0 fully saturated rings. The van der Waals surface area contributed by atoms with E-state index in [0.29, 0.717) is 0 Å². The highest BCUT2D eigenvalue weighted by Gasteiger charge is 2.12. The average molecular weight is 222 g/mol. The molecule has 86 valence electrons. The fraction of sp³-hybridized carbons (Fsp3) is 0.273. The van der Waals surface area contributed by atoms with Crippen molar-refractivity contribution in [1.29, 1.82) is 0 Å². The van der Waals surface area contributed by atoms with Crippen molar-refractivity contribution in [1.82, 2.24) is 5.32 Å². The SMILES string of the molecule is CC(NC(=O)Cc1ccc(O)cc1)C(N)=O. The molecule has 1 rings (SSSR count). The fourth-order valence-electron chi connectivity index (χ4n) is 1.16. The summed E-state index contributed by atoms with van der Waals surface area (Å²) in [5.74, 6) is -0.703. The first kappa shape index (κ1) is 12.0. The van der Waals surface area contributed by atoms with Crippen LogP contribution in [0.1, 0.15) is 12.5 Å². The van der Waals surface area contributed by atoms with E-state index in [1.54, 1.807) is 12.1 Å². The van der Waals surface area contributed by atoms with Crippen LogP contribution in [-0.2, 0) is 16.0 Å². The Bertz CT molecular complexity index is 387. The number of nitrogens with two attached hydrogens (primary N) is 1. The molecule has 1 unspecified atom stereocenters. The zero-order chi connectivity index (χ0) is 12.1.